The van der Waals surface area contributed by atoms with Crippen LogP contribution in [-0.4, -0.2) is 40.2 Å². The molecule has 5 rings (SSSR count). The number of carbonyl (C=O) groups is 3. The largest absolute Gasteiger partial charge is 0.340 e. The summed E-state index contributed by atoms with van der Waals surface area (Å²) in [4.78, 5) is 44.8. The van der Waals surface area contributed by atoms with E-state index in [1.165, 1.54) is 0 Å². The van der Waals surface area contributed by atoms with Crippen LogP contribution in [0.25, 0.3) is 10.2 Å². The summed E-state index contributed by atoms with van der Waals surface area (Å²) in [5, 5.41) is 6.38. The molecule has 1 saturated heterocycles. The van der Waals surface area contributed by atoms with Gasteiger partial charge < -0.3 is 15.5 Å². The quantitative estimate of drug-likeness (QED) is 0.681. The van der Waals surface area contributed by atoms with Crippen LogP contribution in [0.1, 0.15) is 40.7 Å². The highest BCUT2D eigenvalue weighted by atomic mass is 32.1. The van der Waals surface area contributed by atoms with E-state index in [2.05, 4.69) is 10.6 Å². The summed E-state index contributed by atoms with van der Waals surface area (Å²) in [5.41, 5.74) is 1.79. The molecule has 1 fully saturated rings. The summed E-state index contributed by atoms with van der Waals surface area (Å²) in [7, 11) is 0. The molecule has 0 saturated carbocycles. The Balaban J connectivity index is 1.34. The van der Waals surface area contributed by atoms with Crippen molar-refractivity contribution in [2.75, 3.05) is 11.9 Å². The van der Waals surface area contributed by atoms with Gasteiger partial charge in [0.2, 0.25) is 11.8 Å². The fraction of sp³-hybridized carbons (Fsp3) is 0.273. The Bertz CT molecular complexity index is 1120. The maximum Gasteiger partial charge on any atom is 0.254 e. The van der Waals surface area contributed by atoms with Gasteiger partial charge in [-0.3, -0.25) is 14.4 Å². The molecule has 0 radical (unpaired) electrons. The second-order valence-corrected chi connectivity index (χ2v) is 8.59. The fourth-order valence-corrected chi connectivity index (χ4v) is 5.22. The van der Waals surface area contributed by atoms with Crippen LogP contribution in [0.15, 0.2) is 48.5 Å². The van der Waals surface area contributed by atoms with Crippen LogP contribution >= 0.6 is 11.3 Å². The number of nitrogens with one attached hydrogen (secondary N) is 2. The number of carbonyl (C=O) groups excluding carboxylic acids is 3. The Hall–Kier alpha value is -3.26. The van der Waals surface area contributed by atoms with Gasteiger partial charge in [-0.05, 0) is 37.1 Å². The van der Waals surface area contributed by atoms with Gasteiger partial charge in [0, 0.05) is 6.54 Å². The zero-order valence-electron chi connectivity index (χ0n) is 16.1. The number of rotatable bonds is 3. The number of amides is 3. The monoisotopic (exact) mass is 420 g/mol. The summed E-state index contributed by atoms with van der Waals surface area (Å²) in [6, 6.07) is 13.8. The standard InChI is InChI=1S/C22H20N4O3S/c27-19(12-16-21(29)23-14-7-2-1-6-13(14)20(28)24-16)26-11-5-9-17(26)22-25-15-8-3-4-10-18(15)30-22/h1-4,6-8,10,16-17H,5,9,11-12H2,(H,23,29)(H,24,28). The zero-order valence-corrected chi connectivity index (χ0v) is 16.9. The maximum atomic E-state index is 13.1. The summed E-state index contributed by atoms with van der Waals surface area (Å²) in [5.74, 6) is -0.883. The molecule has 8 heteroatoms. The van der Waals surface area contributed by atoms with E-state index >= 15 is 0 Å². The highest BCUT2D eigenvalue weighted by Gasteiger charge is 2.36. The van der Waals surface area contributed by atoms with Gasteiger partial charge in [-0.2, -0.15) is 0 Å². The van der Waals surface area contributed by atoms with Crippen LogP contribution in [0.4, 0.5) is 5.69 Å². The lowest BCUT2D eigenvalue weighted by molar-refractivity contribution is -0.134. The van der Waals surface area contributed by atoms with E-state index in [0.29, 0.717) is 17.8 Å². The third-order valence-corrected chi connectivity index (χ3v) is 6.74. The van der Waals surface area contributed by atoms with Gasteiger partial charge in [-0.15, -0.1) is 11.3 Å². The lowest BCUT2D eigenvalue weighted by Gasteiger charge is -2.25. The Morgan fingerprint density at radius 2 is 1.93 bits per heavy atom. The van der Waals surface area contributed by atoms with E-state index in [1.54, 1.807) is 40.5 Å². The molecule has 2 N–H and O–H groups in total. The van der Waals surface area contributed by atoms with Gasteiger partial charge in [0.1, 0.15) is 11.0 Å². The van der Waals surface area contributed by atoms with Crippen molar-refractivity contribution in [3.05, 3.63) is 59.1 Å². The van der Waals surface area contributed by atoms with Gasteiger partial charge >= 0.3 is 0 Å². The van der Waals surface area contributed by atoms with E-state index in [0.717, 1.165) is 28.1 Å². The zero-order chi connectivity index (χ0) is 20.7. The summed E-state index contributed by atoms with van der Waals surface area (Å²) in [6.45, 7) is 0.627. The third-order valence-electron chi connectivity index (χ3n) is 5.60. The molecule has 3 heterocycles. The molecule has 2 aliphatic heterocycles. The average molecular weight is 420 g/mol. The van der Waals surface area contributed by atoms with Gasteiger partial charge in [-0.1, -0.05) is 24.3 Å². The number of para-hydroxylation sites is 2. The number of nitrogens with zero attached hydrogens (tertiary/aromatic N) is 2. The average Bonchev–Trinajstić information content (AvgIpc) is 3.37. The van der Waals surface area contributed by atoms with Crippen molar-refractivity contribution in [1.29, 1.82) is 0 Å². The lowest BCUT2D eigenvalue weighted by atomic mass is 10.1. The summed E-state index contributed by atoms with van der Waals surface area (Å²) < 4.78 is 1.10. The highest BCUT2D eigenvalue weighted by Crippen LogP contribution is 2.37. The van der Waals surface area contributed by atoms with Crippen LogP contribution in [0.2, 0.25) is 0 Å². The van der Waals surface area contributed by atoms with Crippen molar-refractivity contribution in [2.24, 2.45) is 0 Å². The molecule has 0 bridgehead atoms. The molecule has 1 aromatic heterocycles. The number of hydrogen-bond donors (Lipinski definition) is 2. The third kappa shape index (κ3) is 3.33. The minimum Gasteiger partial charge on any atom is -0.340 e. The molecule has 0 aliphatic carbocycles. The summed E-state index contributed by atoms with van der Waals surface area (Å²) >= 11 is 1.60. The number of thiazole rings is 1. The van der Waals surface area contributed by atoms with Crippen molar-refractivity contribution in [1.82, 2.24) is 15.2 Å². The van der Waals surface area contributed by atoms with Gasteiger partial charge in [0.15, 0.2) is 0 Å². The lowest BCUT2D eigenvalue weighted by Crippen LogP contribution is -2.45. The Labute approximate surface area is 177 Å². The van der Waals surface area contributed by atoms with E-state index in [-0.39, 0.29) is 30.2 Å². The minimum atomic E-state index is -0.908. The number of anilines is 1. The highest BCUT2D eigenvalue weighted by molar-refractivity contribution is 7.18. The molecule has 30 heavy (non-hydrogen) atoms. The van der Waals surface area contributed by atoms with Crippen molar-refractivity contribution in [3.8, 4) is 0 Å². The number of benzene rings is 2. The van der Waals surface area contributed by atoms with Crippen molar-refractivity contribution in [2.45, 2.75) is 31.3 Å². The second-order valence-electron chi connectivity index (χ2n) is 7.53. The van der Waals surface area contributed by atoms with Crippen LogP contribution in [0.5, 0.6) is 0 Å². The van der Waals surface area contributed by atoms with E-state index < -0.39 is 6.04 Å². The van der Waals surface area contributed by atoms with Crippen LogP contribution in [0.3, 0.4) is 0 Å². The van der Waals surface area contributed by atoms with Crippen molar-refractivity contribution in [3.63, 3.8) is 0 Å². The first-order valence-electron chi connectivity index (χ1n) is 9.96. The van der Waals surface area contributed by atoms with Crippen LogP contribution in [-0.2, 0) is 9.59 Å². The molecule has 3 amide bonds. The molecule has 2 atom stereocenters. The molecule has 152 valence electrons. The molecule has 0 spiro atoms. The molecule has 7 nitrogen and oxygen atoms in total. The topological polar surface area (TPSA) is 91.4 Å². The van der Waals surface area contributed by atoms with Crippen LogP contribution in [0, 0.1) is 0 Å². The van der Waals surface area contributed by atoms with Crippen molar-refractivity contribution >= 4 is 45.0 Å². The van der Waals surface area contributed by atoms with E-state index in [9.17, 15) is 14.4 Å². The van der Waals surface area contributed by atoms with Gasteiger partial charge in [0.25, 0.3) is 5.91 Å². The van der Waals surface area contributed by atoms with E-state index in [4.69, 9.17) is 4.98 Å². The smallest absolute Gasteiger partial charge is 0.254 e. The minimum absolute atomic E-state index is 0.0764. The number of hydrogen-bond acceptors (Lipinski definition) is 5. The Morgan fingerprint density at radius 1 is 1.13 bits per heavy atom. The fourth-order valence-electron chi connectivity index (χ4n) is 4.10. The first-order chi connectivity index (χ1) is 14.6. The molecular weight excluding hydrogens is 400 g/mol. The number of fused-ring (bicyclic) bond motifs is 2. The molecule has 3 aromatic rings. The van der Waals surface area contributed by atoms with Crippen LogP contribution < -0.4 is 10.6 Å². The Morgan fingerprint density at radius 3 is 2.80 bits per heavy atom. The molecular formula is C22H20N4O3S. The predicted molar refractivity (Wildman–Crippen MR) is 114 cm³/mol. The Kier molecular flexibility index (Phi) is 4.71. The maximum absolute atomic E-state index is 13.1. The molecule has 2 aromatic carbocycles. The second kappa shape index (κ2) is 7.53. The molecule has 2 aliphatic rings. The first kappa shape index (κ1) is 18.7. The number of aromatic nitrogens is 1. The normalized spacial score (nSPS) is 21.1. The predicted octanol–water partition coefficient (Wildman–Crippen LogP) is 3.10. The number of likely N-dealkylation sites (tertiary alicyclic amines) is 1. The van der Waals surface area contributed by atoms with Crippen molar-refractivity contribution < 1.29 is 14.4 Å². The van der Waals surface area contributed by atoms with Gasteiger partial charge in [-0.25, -0.2) is 4.98 Å². The van der Waals surface area contributed by atoms with E-state index in [1.807, 2.05) is 24.3 Å². The first-order valence-corrected chi connectivity index (χ1v) is 10.8. The molecule has 2 unspecified atom stereocenters. The SMILES string of the molecule is O=C1NC(CC(=O)N2CCCC2c2nc3ccccc3s2)C(=O)Nc2ccccc21. The van der Waals surface area contributed by atoms with Gasteiger partial charge in [0.05, 0.1) is 33.9 Å². The summed E-state index contributed by atoms with van der Waals surface area (Å²) in [6.07, 6.45) is 1.66.